The zero-order valence-corrected chi connectivity index (χ0v) is 21.0. The van der Waals surface area contributed by atoms with E-state index < -0.39 is 0 Å². The number of halogens is 1. The number of aryl methyl sites for hydroxylation is 1. The van der Waals surface area contributed by atoms with Crippen LogP contribution < -0.4 is 10.6 Å². The van der Waals surface area contributed by atoms with Gasteiger partial charge in [-0.1, -0.05) is 42.5 Å². The molecular weight excluding hydrogens is 513 g/mol. The van der Waals surface area contributed by atoms with Crippen molar-refractivity contribution in [2.75, 3.05) is 20.1 Å². The van der Waals surface area contributed by atoms with Gasteiger partial charge in [0.25, 0.3) is 0 Å². The molecule has 1 saturated heterocycles. The molecule has 1 aliphatic heterocycles. The minimum absolute atomic E-state index is 0. The molecule has 0 amide bonds. The Labute approximate surface area is 207 Å². The summed E-state index contributed by atoms with van der Waals surface area (Å²) in [5, 5.41) is 13.9. The quantitative estimate of drug-likeness (QED) is 0.250. The maximum absolute atomic E-state index is 4.42. The normalized spacial score (nSPS) is 15.2. The molecule has 2 aromatic carbocycles. The average Bonchev–Trinajstić information content (AvgIpc) is 3.35. The summed E-state index contributed by atoms with van der Waals surface area (Å²) >= 11 is 0. The molecule has 3 aromatic rings. The fourth-order valence-electron chi connectivity index (χ4n) is 4.01. The van der Waals surface area contributed by atoms with Crippen molar-refractivity contribution in [3.8, 4) is 11.4 Å². The SMILES string of the molecule is CN=C(NCc1cccc(-c2ncn[nH]2)c1)NC1CCN(Cc2ccccc2C)CC1.I. The van der Waals surface area contributed by atoms with Crippen molar-refractivity contribution in [3.05, 3.63) is 71.5 Å². The molecule has 0 atom stereocenters. The zero-order chi connectivity index (χ0) is 21.5. The number of benzene rings is 2. The van der Waals surface area contributed by atoms with Gasteiger partial charge in [0.2, 0.25) is 0 Å². The lowest BCUT2D eigenvalue weighted by Gasteiger charge is -2.33. The van der Waals surface area contributed by atoms with Gasteiger partial charge in [0.05, 0.1) is 0 Å². The van der Waals surface area contributed by atoms with Gasteiger partial charge >= 0.3 is 0 Å². The van der Waals surface area contributed by atoms with Crippen LogP contribution >= 0.6 is 24.0 Å². The van der Waals surface area contributed by atoms with E-state index in [2.05, 4.69) is 79.0 Å². The standard InChI is InChI=1S/C24H31N7.HI/c1-18-6-3-4-8-21(18)16-31-12-10-22(11-13-31)29-24(25-2)26-15-19-7-5-9-20(14-19)23-27-17-28-30-23;/h3-9,14,17,22H,10-13,15-16H2,1-2H3,(H2,25,26,29)(H,27,28,30);1H. The zero-order valence-electron chi connectivity index (χ0n) is 18.7. The van der Waals surface area contributed by atoms with E-state index in [1.807, 2.05) is 19.2 Å². The number of likely N-dealkylation sites (tertiary alicyclic amines) is 1. The van der Waals surface area contributed by atoms with E-state index in [1.165, 1.54) is 23.0 Å². The van der Waals surface area contributed by atoms with Crippen molar-refractivity contribution in [1.29, 1.82) is 0 Å². The Morgan fingerprint density at radius 1 is 1.16 bits per heavy atom. The molecule has 4 rings (SSSR count). The topological polar surface area (TPSA) is 81.2 Å². The lowest BCUT2D eigenvalue weighted by Crippen LogP contribution is -2.48. The average molecular weight is 545 g/mol. The van der Waals surface area contributed by atoms with Crippen molar-refractivity contribution >= 4 is 29.9 Å². The molecule has 1 aromatic heterocycles. The number of hydrogen-bond donors (Lipinski definition) is 3. The molecule has 1 aliphatic rings. The van der Waals surface area contributed by atoms with Gasteiger partial charge in [-0.05, 0) is 42.5 Å². The van der Waals surface area contributed by atoms with E-state index in [9.17, 15) is 0 Å². The van der Waals surface area contributed by atoms with Gasteiger partial charge in [-0.2, -0.15) is 5.10 Å². The van der Waals surface area contributed by atoms with Crippen LogP contribution in [0.4, 0.5) is 0 Å². The number of aliphatic imine (C=N–C) groups is 1. The first-order valence-electron chi connectivity index (χ1n) is 10.9. The van der Waals surface area contributed by atoms with Gasteiger partial charge in [0.1, 0.15) is 6.33 Å². The summed E-state index contributed by atoms with van der Waals surface area (Å²) < 4.78 is 0. The van der Waals surface area contributed by atoms with Crippen LogP contribution in [0.5, 0.6) is 0 Å². The Morgan fingerprint density at radius 2 is 1.97 bits per heavy atom. The lowest BCUT2D eigenvalue weighted by atomic mass is 10.0. The molecule has 32 heavy (non-hydrogen) atoms. The van der Waals surface area contributed by atoms with Crippen LogP contribution in [0.15, 0.2) is 59.9 Å². The third-order valence-corrected chi connectivity index (χ3v) is 5.88. The smallest absolute Gasteiger partial charge is 0.191 e. The Morgan fingerprint density at radius 3 is 2.69 bits per heavy atom. The number of aromatic amines is 1. The molecule has 0 bridgehead atoms. The van der Waals surface area contributed by atoms with Gasteiger partial charge in [-0.15, -0.1) is 24.0 Å². The molecule has 3 N–H and O–H groups in total. The Bertz CT molecular complexity index is 995. The van der Waals surface area contributed by atoms with Crippen molar-refractivity contribution in [1.82, 2.24) is 30.7 Å². The predicted octanol–water partition coefficient (Wildman–Crippen LogP) is 3.73. The largest absolute Gasteiger partial charge is 0.354 e. The van der Waals surface area contributed by atoms with Crippen molar-refractivity contribution in [3.63, 3.8) is 0 Å². The molecule has 0 aliphatic carbocycles. The number of piperidine rings is 1. The van der Waals surface area contributed by atoms with E-state index in [4.69, 9.17) is 0 Å². The maximum Gasteiger partial charge on any atom is 0.191 e. The summed E-state index contributed by atoms with van der Waals surface area (Å²) in [4.78, 5) is 11.2. The van der Waals surface area contributed by atoms with Crippen LogP contribution in [0.25, 0.3) is 11.4 Å². The van der Waals surface area contributed by atoms with E-state index in [0.29, 0.717) is 12.6 Å². The van der Waals surface area contributed by atoms with Crippen LogP contribution in [0.1, 0.15) is 29.5 Å². The second-order valence-corrected chi connectivity index (χ2v) is 8.08. The van der Waals surface area contributed by atoms with Gasteiger partial charge < -0.3 is 10.6 Å². The molecule has 170 valence electrons. The van der Waals surface area contributed by atoms with Crippen molar-refractivity contribution in [2.45, 2.75) is 38.9 Å². The highest BCUT2D eigenvalue weighted by Gasteiger charge is 2.20. The van der Waals surface area contributed by atoms with Crippen LogP contribution in [-0.2, 0) is 13.1 Å². The summed E-state index contributed by atoms with van der Waals surface area (Å²) in [6.07, 6.45) is 3.76. The number of hydrogen-bond acceptors (Lipinski definition) is 4. The molecule has 0 spiro atoms. The molecule has 0 saturated carbocycles. The van der Waals surface area contributed by atoms with E-state index in [0.717, 1.165) is 49.8 Å². The molecule has 0 radical (unpaired) electrons. The maximum atomic E-state index is 4.42. The predicted molar refractivity (Wildman–Crippen MR) is 140 cm³/mol. The Hall–Kier alpha value is -2.46. The molecule has 7 nitrogen and oxygen atoms in total. The number of guanidine groups is 1. The first-order valence-corrected chi connectivity index (χ1v) is 10.9. The lowest BCUT2D eigenvalue weighted by molar-refractivity contribution is 0.198. The Balaban J connectivity index is 0.00000289. The molecular formula is C24H32IN7. The van der Waals surface area contributed by atoms with Crippen LogP contribution in [0.2, 0.25) is 0 Å². The summed E-state index contributed by atoms with van der Waals surface area (Å²) in [5.74, 6) is 1.63. The summed E-state index contributed by atoms with van der Waals surface area (Å²) in [5.41, 5.74) is 5.00. The number of rotatable bonds is 6. The number of H-pyrrole nitrogens is 1. The van der Waals surface area contributed by atoms with Crippen LogP contribution in [0, 0.1) is 6.92 Å². The van der Waals surface area contributed by atoms with Gasteiger partial charge in [0, 0.05) is 44.8 Å². The van der Waals surface area contributed by atoms with Gasteiger partial charge in [0.15, 0.2) is 11.8 Å². The third-order valence-electron chi connectivity index (χ3n) is 5.88. The Kier molecular flexibility index (Phi) is 9.04. The first-order chi connectivity index (χ1) is 15.2. The molecule has 8 heteroatoms. The fraction of sp³-hybridized carbons (Fsp3) is 0.375. The summed E-state index contributed by atoms with van der Waals surface area (Å²) in [7, 11) is 1.83. The first kappa shape index (κ1) is 24.2. The van der Waals surface area contributed by atoms with Gasteiger partial charge in [-0.3, -0.25) is 15.0 Å². The molecule has 1 fully saturated rings. The monoisotopic (exact) mass is 545 g/mol. The minimum Gasteiger partial charge on any atom is -0.354 e. The van der Waals surface area contributed by atoms with Gasteiger partial charge in [-0.25, -0.2) is 4.98 Å². The van der Waals surface area contributed by atoms with E-state index in [1.54, 1.807) is 0 Å². The number of nitrogens with zero attached hydrogens (tertiary/aromatic N) is 4. The van der Waals surface area contributed by atoms with Crippen molar-refractivity contribution < 1.29 is 0 Å². The van der Waals surface area contributed by atoms with Crippen LogP contribution in [-0.4, -0.2) is 52.2 Å². The summed E-state index contributed by atoms with van der Waals surface area (Å²) in [6.45, 7) is 6.13. The van der Waals surface area contributed by atoms with Crippen molar-refractivity contribution in [2.24, 2.45) is 4.99 Å². The summed E-state index contributed by atoms with van der Waals surface area (Å²) in [6, 6.07) is 17.4. The molecule has 0 unspecified atom stereocenters. The highest BCUT2D eigenvalue weighted by molar-refractivity contribution is 14.0. The second kappa shape index (κ2) is 12.0. The molecule has 2 heterocycles. The van der Waals surface area contributed by atoms with E-state index >= 15 is 0 Å². The highest BCUT2D eigenvalue weighted by atomic mass is 127. The third kappa shape index (κ3) is 6.52. The number of nitrogens with one attached hydrogen (secondary N) is 3. The minimum atomic E-state index is 0. The van der Waals surface area contributed by atoms with E-state index in [-0.39, 0.29) is 24.0 Å². The number of aromatic nitrogens is 3. The van der Waals surface area contributed by atoms with Crippen LogP contribution in [0.3, 0.4) is 0 Å². The second-order valence-electron chi connectivity index (χ2n) is 8.08. The fourth-order valence-corrected chi connectivity index (χ4v) is 4.01. The highest BCUT2D eigenvalue weighted by Crippen LogP contribution is 2.17.